The monoisotopic (exact) mass is 310 g/mol. The molecule has 0 saturated heterocycles. The number of nitrogens with one attached hydrogen (secondary N) is 1. The van der Waals surface area contributed by atoms with E-state index < -0.39 is 0 Å². The van der Waals surface area contributed by atoms with Gasteiger partial charge in [-0.05, 0) is 31.2 Å². The van der Waals surface area contributed by atoms with E-state index in [1.54, 1.807) is 11.0 Å². The van der Waals surface area contributed by atoms with E-state index in [1.807, 2.05) is 30.3 Å². The van der Waals surface area contributed by atoms with Crippen molar-refractivity contribution in [3.63, 3.8) is 0 Å². The second kappa shape index (κ2) is 5.57. The summed E-state index contributed by atoms with van der Waals surface area (Å²) in [6, 6.07) is 10.0. The van der Waals surface area contributed by atoms with Crippen LogP contribution in [0.15, 0.2) is 46.9 Å². The minimum Gasteiger partial charge on any atom is -0.293 e. The van der Waals surface area contributed by atoms with Gasteiger partial charge in [0.15, 0.2) is 5.66 Å². The van der Waals surface area contributed by atoms with Gasteiger partial charge in [0.1, 0.15) is 6.33 Å². The van der Waals surface area contributed by atoms with E-state index in [2.05, 4.69) is 25.6 Å². The fraction of sp³-hybridized carbons (Fsp3) is 0.438. The van der Waals surface area contributed by atoms with Crippen LogP contribution < -0.4 is 5.32 Å². The highest BCUT2D eigenvalue weighted by molar-refractivity contribution is 5.90. The Bertz CT molecular complexity index is 722. The Morgan fingerprint density at radius 2 is 1.96 bits per heavy atom. The highest BCUT2D eigenvalue weighted by Gasteiger charge is 2.44. The third-order valence-corrected chi connectivity index (χ3v) is 4.50. The van der Waals surface area contributed by atoms with Gasteiger partial charge in [0.05, 0.1) is 6.54 Å². The number of hydrogen-bond acceptors (Lipinski definition) is 5. The summed E-state index contributed by atoms with van der Waals surface area (Å²) in [7, 11) is 0. The largest absolute Gasteiger partial charge is 0.293 e. The first-order valence-corrected chi connectivity index (χ1v) is 7.91. The van der Waals surface area contributed by atoms with E-state index in [0.717, 1.165) is 31.2 Å². The van der Waals surface area contributed by atoms with Crippen molar-refractivity contribution in [3.8, 4) is 0 Å². The van der Waals surface area contributed by atoms with Crippen LogP contribution in [-0.2, 0) is 11.3 Å². The average Bonchev–Trinajstić information content (AvgIpc) is 3.18. The van der Waals surface area contributed by atoms with E-state index in [9.17, 15) is 4.79 Å². The SMILES string of the molecule is O=C(Nc1ncn(Cc2ccccc2)n1)C1CCC2(CC1)N=N2. The first-order chi connectivity index (χ1) is 11.2. The third kappa shape index (κ3) is 3.13. The Morgan fingerprint density at radius 3 is 2.65 bits per heavy atom. The molecule has 7 nitrogen and oxygen atoms in total. The van der Waals surface area contributed by atoms with Crippen LogP contribution in [0.1, 0.15) is 31.2 Å². The van der Waals surface area contributed by atoms with Crippen LogP contribution in [0.4, 0.5) is 5.95 Å². The van der Waals surface area contributed by atoms with Crippen molar-refractivity contribution in [2.75, 3.05) is 5.32 Å². The first kappa shape index (κ1) is 14.0. The standard InChI is InChI=1S/C16H18N6O/c23-14(13-6-8-16(9-7-13)20-21-16)18-15-17-11-22(19-15)10-12-4-2-1-3-5-12/h1-5,11,13H,6-10H2,(H,18,19,23). The van der Waals surface area contributed by atoms with Gasteiger partial charge in [-0.2, -0.15) is 10.2 Å². The van der Waals surface area contributed by atoms with E-state index >= 15 is 0 Å². The minimum atomic E-state index is -0.133. The molecule has 7 heteroatoms. The molecular weight excluding hydrogens is 292 g/mol. The molecule has 1 N–H and O–H groups in total. The van der Waals surface area contributed by atoms with Gasteiger partial charge in [-0.3, -0.25) is 10.1 Å². The topological polar surface area (TPSA) is 84.5 Å². The fourth-order valence-corrected chi connectivity index (χ4v) is 3.02. The van der Waals surface area contributed by atoms with Crippen molar-refractivity contribution < 1.29 is 4.79 Å². The summed E-state index contributed by atoms with van der Waals surface area (Å²) < 4.78 is 1.72. The lowest BCUT2D eigenvalue weighted by Crippen LogP contribution is -2.30. The molecule has 1 aromatic heterocycles. The molecule has 1 aliphatic heterocycles. The van der Waals surface area contributed by atoms with Crippen LogP contribution in [0.2, 0.25) is 0 Å². The van der Waals surface area contributed by atoms with E-state index in [-0.39, 0.29) is 17.5 Å². The van der Waals surface area contributed by atoms with Gasteiger partial charge in [0.25, 0.3) is 0 Å². The molecule has 1 saturated carbocycles. The van der Waals surface area contributed by atoms with Crippen LogP contribution in [0.5, 0.6) is 0 Å². The van der Waals surface area contributed by atoms with Gasteiger partial charge in [-0.25, -0.2) is 9.67 Å². The Labute approximate surface area is 133 Å². The zero-order valence-corrected chi connectivity index (χ0v) is 12.7. The molecule has 1 fully saturated rings. The Morgan fingerprint density at radius 1 is 1.22 bits per heavy atom. The molecule has 0 unspecified atom stereocenters. The van der Waals surface area contributed by atoms with Gasteiger partial charge >= 0.3 is 0 Å². The molecule has 1 amide bonds. The molecule has 2 aliphatic rings. The highest BCUT2D eigenvalue weighted by Crippen LogP contribution is 2.44. The maximum absolute atomic E-state index is 12.3. The van der Waals surface area contributed by atoms with Crippen molar-refractivity contribution in [3.05, 3.63) is 42.2 Å². The summed E-state index contributed by atoms with van der Waals surface area (Å²) in [5.74, 6) is 0.373. The lowest BCUT2D eigenvalue weighted by Gasteiger charge is -2.23. The number of rotatable bonds is 4. The second-order valence-corrected chi connectivity index (χ2v) is 6.20. The summed E-state index contributed by atoms with van der Waals surface area (Å²) in [6.07, 6.45) is 5.04. The van der Waals surface area contributed by atoms with Crippen LogP contribution in [-0.4, -0.2) is 26.3 Å². The molecular formula is C16H18N6O. The van der Waals surface area contributed by atoms with Crippen molar-refractivity contribution in [1.82, 2.24) is 14.8 Å². The van der Waals surface area contributed by atoms with E-state index in [4.69, 9.17) is 0 Å². The number of carbonyl (C=O) groups excluding carboxylic acids is 1. The molecule has 118 valence electrons. The Balaban J connectivity index is 1.33. The number of hydrogen-bond donors (Lipinski definition) is 1. The Kier molecular flexibility index (Phi) is 3.40. The number of benzene rings is 1. The van der Waals surface area contributed by atoms with Gasteiger partial charge in [-0.15, -0.1) is 5.10 Å². The maximum atomic E-state index is 12.3. The zero-order chi connectivity index (χ0) is 15.7. The van der Waals surface area contributed by atoms with Crippen LogP contribution >= 0.6 is 0 Å². The number of anilines is 1. The molecule has 2 aromatic rings. The third-order valence-electron chi connectivity index (χ3n) is 4.50. The lowest BCUT2D eigenvalue weighted by molar-refractivity contribution is -0.121. The summed E-state index contributed by atoms with van der Waals surface area (Å²) in [4.78, 5) is 16.5. The molecule has 2 heterocycles. The molecule has 1 aromatic carbocycles. The average molecular weight is 310 g/mol. The number of carbonyl (C=O) groups is 1. The number of aromatic nitrogens is 3. The second-order valence-electron chi connectivity index (χ2n) is 6.20. The van der Waals surface area contributed by atoms with Gasteiger partial charge in [-0.1, -0.05) is 30.3 Å². The van der Waals surface area contributed by atoms with Crippen LogP contribution in [0.3, 0.4) is 0 Å². The summed E-state index contributed by atoms with van der Waals surface area (Å²) in [5, 5.41) is 15.3. The summed E-state index contributed by atoms with van der Waals surface area (Å²) in [5.41, 5.74) is 1.01. The molecule has 0 radical (unpaired) electrons. The molecule has 1 aliphatic carbocycles. The van der Waals surface area contributed by atoms with Crippen molar-refractivity contribution in [1.29, 1.82) is 0 Å². The van der Waals surface area contributed by atoms with Crippen LogP contribution in [0.25, 0.3) is 0 Å². The van der Waals surface area contributed by atoms with Crippen molar-refractivity contribution >= 4 is 11.9 Å². The Hall–Kier alpha value is -2.57. The first-order valence-electron chi connectivity index (χ1n) is 7.91. The predicted molar refractivity (Wildman–Crippen MR) is 83.7 cm³/mol. The molecule has 0 bridgehead atoms. The van der Waals surface area contributed by atoms with E-state index in [0.29, 0.717) is 12.5 Å². The summed E-state index contributed by atoms with van der Waals surface area (Å²) >= 11 is 0. The number of nitrogens with zero attached hydrogens (tertiary/aromatic N) is 5. The van der Waals surface area contributed by atoms with E-state index in [1.165, 1.54) is 0 Å². The fourth-order valence-electron chi connectivity index (χ4n) is 3.02. The lowest BCUT2D eigenvalue weighted by atomic mass is 9.83. The zero-order valence-electron chi connectivity index (χ0n) is 12.7. The molecule has 23 heavy (non-hydrogen) atoms. The summed E-state index contributed by atoms with van der Waals surface area (Å²) in [6.45, 7) is 0.638. The van der Waals surface area contributed by atoms with Crippen molar-refractivity contribution in [2.45, 2.75) is 37.9 Å². The smallest absolute Gasteiger partial charge is 0.248 e. The molecule has 0 atom stereocenters. The van der Waals surface area contributed by atoms with Crippen molar-refractivity contribution in [2.24, 2.45) is 16.1 Å². The highest BCUT2D eigenvalue weighted by atomic mass is 16.2. The molecule has 1 spiro atoms. The van der Waals surface area contributed by atoms with Gasteiger partial charge in [0.2, 0.25) is 11.9 Å². The number of amides is 1. The van der Waals surface area contributed by atoms with Crippen LogP contribution in [0, 0.1) is 5.92 Å². The minimum absolute atomic E-state index is 0.00189. The maximum Gasteiger partial charge on any atom is 0.248 e. The van der Waals surface area contributed by atoms with Gasteiger partial charge < -0.3 is 0 Å². The predicted octanol–water partition coefficient (Wildman–Crippen LogP) is 2.62. The normalized spacial score (nSPS) is 19.0. The van der Waals surface area contributed by atoms with Gasteiger partial charge in [0, 0.05) is 5.92 Å². The molecule has 4 rings (SSSR count). The quantitative estimate of drug-likeness (QED) is 0.942.